The van der Waals surface area contributed by atoms with Gasteiger partial charge in [0.15, 0.2) is 0 Å². The molecule has 1 rings (SSSR count). The van der Waals surface area contributed by atoms with Crippen LogP contribution in [0.15, 0.2) is 0 Å². The van der Waals surface area contributed by atoms with E-state index in [1.807, 2.05) is 0 Å². The normalized spacial score (nSPS) is 31.9. The smallest absolute Gasteiger partial charge is 0.00415 e. The van der Waals surface area contributed by atoms with Gasteiger partial charge in [-0.25, -0.2) is 0 Å². The standard InChI is InChI=1S/C15H31N/c1-6-10(2)7-11(3)12(4)8-14-9-15(14)13(5)16/h10-15H,6-9,16H2,1-5H3. The van der Waals surface area contributed by atoms with Crippen molar-refractivity contribution in [3.8, 4) is 0 Å². The topological polar surface area (TPSA) is 26.0 Å². The van der Waals surface area contributed by atoms with Crippen LogP contribution < -0.4 is 5.73 Å². The largest absolute Gasteiger partial charge is 0.328 e. The third-order valence-electron chi connectivity index (χ3n) is 4.77. The van der Waals surface area contributed by atoms with Crippen LogP contribution in [0.25, 0.3) is 0 Å². The van der Waals surface area contributed by atoms with E-state index in [-0.39, 0.29) is 0 Å². The average Bonchev–Trinajstić information content (AvgIpc) is 2.96. The summed E-state index contributed by atoms with van der Waals surface area (Å²) >= 11 is 0. The van der Waals surface area contributed by atoms with Crippen molar-refractivity contribution in [1.29, 1.82) is 0 Å². The Labute approximate surface area is 102 Å². The fourth-order valence-corrected chi connectivity index (χ4v) is 2.93. The van der Waals surface area contributed by atoms with Gasteiger partial charge in [-0.1, -0.05) is 34.1 Å². The molecule has 2 N–H and O–H groups in total. The van der Waals surface area contributed by atoms with Crippen molar-refractivity contribution in [2.75, 3.05) is 0 Å². The second-order valence-corrected chi connectivity index (χ2v) is 6.46. The van der Waals surface area contributed by atoms with Crippen molar-refractivity contribution in [3.63, 3.8) is 0 Å². The van der Waals surface area contributed by atoms with Gasteiger partial charge in [-0.15, -0.1) is 0 Å². The molecule has 1 aliphatic carbocycles. The Morgan fingerprint density at radius 3 is 2.19 bits per heavy atom. The van der Waals surface area contributed by atoms with Gasteiger partial charge < -0.3 is 5.73 Å². The number of hydrogen-bond acceptors (Lipinski definition) is 1. The fraction of sp³-hybridized carbons (Fsp3) is 1.00. The molecule has 0 aromatic rings. The molecule has 0 aromatic carbocycles. The molecular weight excluding hydrogens is 194 g/mol. The molecule has 1 saturated carbocycles. The summed E-state index contributed by atoms with van der Waals surface area (Å²) in [5.74, 6) is 4.42. The first kappa shape index (κ1) is 14.0. The zero-order valence-electron chi connectivity index (χ0n) is 11.9. The summed E-state index contributed by atoms with van der Waals surface area (Å²) < 4.78 is 0. The third kappa shape index (κ3) is 4.08. The second kappa shape index (κ2) is 6.05. The molecule has 6 unspecified atom stereocenters. The molecule has 0 heterocycles. The van der Waals surface area contributed by atoms with E-state index < -0.39 is 0 Å². The quantitative estimate of drug-likeness (QED) is 0.694. The minimum Gasteiger partial charge on any atom is -0.328 e. The number of hydrogen-bond donors (Lipinski definition) is 1. The maximum atomic E-state index is 5.94. The summed E-state index contributed by atoms with van der Waals surface area (Å²) in [4.78, 5) is 0. The van der Waals surface area contributed by atoms with Crippen LogP contribution in [0.5, 0.6) is 0 Å². The SMILES string of the molecule is CCC(C)CC(C)C(C)CC1CC1C(C)N. The van der Waals surface area contributed by atoms with E-state index in [4.69, 9.17) is 5.73 Å². The monoisotopic (exact) mass is 225 g/mol. The van der Waals surface area contributed by atoms with Crippen molar-refractivity contribution < 1.29 is 0 Å². The van der Waals surface area contributed by atoms with E-state index in [1.165, 1.54) is 25.7 Å². The Morgan fingerprint density at radius 2 is 1.75 bits per heavy atom. The van der Waals surface area contributed by atoms with Crippen LogP contribution in [0, 0.1) is 29.6 Å². The van der Waals surface area contributed by atoms with Gasteiger partial charge in [0.2, 0.25) is 0 Å². The van der Waals surface area contributed by atoms with Crippen molar-refractivity contribution in [3.05, 3.63) is 0 Å². The van der Waals surface area contributed by atoms with Gasteiger partial charge in [-0.3, -0.25) is 0 Å². The van der Waals surface area contributed by atoms with Gasteiger partial charge >= 0.3 is 0 Å². The van der Waals surface area contributed by atoms with Gasteiger partial charge in [-0.05, 0) is 55.8 Å². The van der Waals surface area contributed by atoms with Crippen molar-refractivity contribution in [1.82, 2.24) is 0 Å². The molecule has 1 heteroatoms. The summed E-state index contributed by atoms with van der Waals surface area (Å²) in [7, 11) is 0. The molecule has 96 valence electrons. The van der Waals surface area contributed by atoms with Gasteiger partial charge in [0.25, 0.3) is 0 Å². The lowest BCUT2D eigenvalue weighted by Crippen LogP contribution is -2.19. The average molecular weight is 225 g/mol. The number of nitrogens with two attached hydrogens (primary N) is 1. The molecule has 0 aromatic heterocycles. The highest BCUT2D eigenvalue weighted by Gasteiger charge is 2.40. The van der Waals surface area contributed by atoms with E-state index in [0.29, 0.717) is 6.04 Å². The zero-order valence-corrected chi connectivity index (χ0v) is 11.9. The first-order chi connectivity index (χ1) is 7.45. The molecule has 16 heavy (non-hydrogen) atoms. The fourth-order valence-electron chi connectivity index (χ4n) is 2.93. The van der Waals surface area contributed by atoms with E-state index in [0.717, 1.165) is 29.6 Å². The van der Waals surface area contributed by atoms with Crippen LogP contribution in [0.3, 0.4) is 0 Å². The Bertz CT molecular complexity index is 200. The second-order valence-electron chi connectivity index (χ2n) is 6.46. The van der Waals surface area contributed by atoms with E-state index >= 15 is 0 Å². The summed E-state index contributed by atoms with van der Waals surface area (Å²) in [5.41, 5.74) is 5.94. The summed E-state index contributed by atoms with van der Waals surface area (Å²) in [5, 5.41) is 0. The van der Waals surface area contributed by atoms with Crippen molar-refractivity contribution in [2.24, 2.45) is 35.3 Å². The third-order valence-corrected chi connectivity index (χ3v) is 4.77. The van der Waals surface area contributed by atoms with E-state index in [9.17, 15) is 0 Å². The predicted octanol–water partition coefficient (Wildman–Crippen LogP) is 4.07. The molecule has 1 nitrogen and oxygen atoms in total. The highest BCUT2D eigenvalue weighted by Crippen LogP contribution is 2.46. The Morgan fingerprint density at radius 1 is 1.12 bits per heavy atom. The molecule has 1 aliphatic rings. The highest BCUT2D eigenvalue weighted by atomic mass is 14.7. The van der Waals surface area contributed by atoms with Crippen LogP contribution in [0.4, 0.5) is 0 Å². The van der Waals surface area contributed by atoms with Crippen molar-refractivity contribution in [2.45, 2.75) is 66.3 Å². The Balaban J connectivity index is 2.22. The Hall–Kier alpha value is -0.0400. The molecule has 0 radical (unpaired) electrons. The van der Waals surface area contributed by atoms with Gasteiger partial charge in [0, 0.05) is 6.04 Å². The van der Waals surface area contributed by atoms with E-state index in [2.05, 4.69) is 34.6 Å². The molecular formula is C15H31N. The first-order valence-electron chi connectivity index (χ1n) is 7.21. The molecule has 0 aliphatic heterocycles. The van der Waals surface area contributed by atoms with Gasteiger partial charge in [-0.2, -0.15) is 0 Å². The van der Waals surface area contributed by atoms with Crippen molar-refractivity contribution >= 4 is 0 Å². The zero-order chi connectivity index (χ0) is 12.3. The summed E-state index contributed by atoms with van der Waals surface area (Å²) in [6, 6.07) is 0.419. The van der Waals surface area contributed by atoms with Crippen LogP contribution in [-0.2, 0) is 0 Å². The maximum absolute atomic E-state index is 5.94. The lowest BCUT2D eigenvalue weighted by Gasteiger charge is -2.23. The van der Waals surface area contributed by atoms with Crippen LogP contribution in [0.2, 0.25) is 0 Å². The highest BCUT2D eigenvalue weighted by molar-refractivity contribution is 4.92. The molecule has 0 spiro atoms. The molecule has 0 bridgehead atoms. The molecule has 1 fully saturated rings. The van der Waals surface area contributed by atoms with Gasteiger partial charge in [0.05, 0.1) is 0 Å². The molecule has 0 saturated heterocycles. The Kier molecular flexibility index (Phi) is 5.30. The molecule has 6 atom stereocenters. The summed E-state index contributed by atoms with van der Waals surface area (Å²) in [6.07, 6.45) is 5.51. The van der Waals surface area contributed by atoms with Crippen LogP contribution in [-0.4, -0.2) is 6.04 Å². The maximum Gasteiger partial charge on any atom is 0.00415 e. The summed E-state index contributed by atoms with van der Waals surface area (Å²) in [6.45, 7) is 11.7. The number of rotatable bonds is 7. The first-order valence-corrected chi connectivity index (χ1v) is 7.21. The lowest BCUT2D eigenvalue weighted by atomic mass is 9.83. The lowest BCUT2D eigenvalue weighted by molar-refractivity contribution is 0.281. The minimum atomic E-state index is 0.419. The molecule has 0 amide bonds. The van der Waals surface area contributed by atoms with E-state index in [1.54, 1.807) is 0 Å². The van der Waals surface area contributed by atoms with Crippen LogP contribution >= 0.6 is 0 Å². The predicted molar refractivity (Wildman–Crippen MR) is 72.3 cm³/mol. The minimum absolute atomic E-state index is 0.419. The van der Waals surface area contributed by atoms with Crippen LogP contribution in [0.1, 0.15) is 60.3 Å². The van der Waals surface area contributed by atoms with Gasteiger partial charge in [0.1, 0.15) is 0 Å².